The van der Waals surface area contributed by atoms with Crippen molar-refractivity contribution in [1.82, 2.24) is 0 Å². The molecule has 0 spiro atoms. The molecule has 1 aliphatic rings. The molecule has 0 aliphatic heterocycles. The molecule has 1 aliphatic carbocycles. The van der Waals surface area contributed by atoms with Gasteiger partial charge in [0.05, 0.1) is 19.1 Å². The molecule has 0 aromatic heterocycles. The van der Waals surface area contributed by atoms with E-state index in [1.54, 1.807) is 13.8 Å². The van der Waals surface area contributed by atoms with Gasteiger partial charge < -0.3 is 9.47 Å². The van der Waals surface area contributed by atoms with Gasteiger partial charge in [-0.15, -0.1) is 0 Å². The molecule has 3 rings (SSSR count). The number of carbonyl (C=O) groups excluding carboxylic acids is 2. The fraction of sp³-hybridized carbons (Fsp3) is 0.391. The van der Waals surface area contributed by atoms with Crippen LogP contribution in [-0.4, -0.2) is 25.2 Å². The van der Waals surface area contributed by atoms with E-state index in [0.717, 1.165) is 28.7 Å². The minimum absolute atomic E-state index is 0.257. The molecule has 0 bridgehead atoms. The minimum Gasteiger partial charge on any atom is -0.466 e. The minimum atomic E-state index is -1.18. The third-order valence-electron chi connectivity index (χ3n) is 5.26. The molecule has 1 atom stereocenters. The number of hydrogen-bond acceptors (Lipinski definition) is 4. The third-order valence-corrected chi connectivity index (χ3v) is 5.26. The lowest BCUT2D eigenvalue weighted by atomic mass is 9.66. The summed E-state index contributed by atoms with van der Waals surface area (Å²) in [6.07, 6.45) is 1.30. The highest BCUT2D eigenvalue weighted by molar-refractivity contribution is 6.02. The zero-order valence-electron chi connectivity index (χ0n) is 16.2. The number of hydrogen-bond donors (Lipinski definition) is 0. The molecule has 27 heavy (non-hydrogen) atoms. The van der Waals surface area contributed by atoms with E-state index in [-0.39, 0.29) is 25.2 Å². The van der Waals surface area contributed by atoms with Gasteiger partial charge in [-0.25, -0.2) is 0 Å². The summed E-state index contributed by atoms with van der Waals surface area (Å²) in [4.78, 5) is 26.5. The van der Waals surface area contributed by atoms with E-state index in [0.29, 0.717) is 6.42 Å². The van der Waals surface area contributed by atoms with Gasteiger partial charge >= 0.3 is 11.9 Å². The Morgan fingerprint density at radius 2 is 1.37 bits per heavy atom. The molecule has 0 radical (unpaired) electrons. The summed E-state index contributed by atoms with van der Waals surface area (Å²) >= 11 is 0. The van der Waals surface area contributed by atoms with Gasteiger partial charge in [0.1, 0.15) is 5.41 Å². The van der Waals surface area contributed by atoms with Gasteiger partial charge in [0.15, 0.2) is 0 Å². The second kappa shape index (κ2) is 7.95. The van der Waals surface area contributed by atoms with Crippen LogP contribution in [0.2, 0.25) is 0 Å². The van der Waals surface area contributed by atoms with Gasteiger partial charge in [-0.1, -0.05) is 61.9 Å². The fourth-order valence-electron chi connectivity index (χ4n) is 4.29. The van der Waals surface area contributed by atoms with Gasteiger partial charge in [-0.2, -0.15) is 0 Å². The number of rotatable bonds is 7. The van der Waals surface area contributed by atoms with E-state index in [2.05, 4.69) is 0 Å². The molecule has 4 heteroatoms. The lowest BCUT2D eigenvalue weighted by Crippen LogP contribution is -2.48. The van der Waals surface area contributed by atoms with Crippen LogP contribution >= 0.6 is 0 Å². The standard InChI is InChI=1S/C23H26O4/c1-4-11-20(21(24)26-5-2)23(22(25)27-6-3)18-14-9-7-12-16(18)17-13-8-10-15-19(17)23/h7-10,12-15,20H,4-6,11H2,1-3H3. The highest BCUT2D eigenvalue weighted by atomic mass is 16.5. The Morgan fingerprint density at radius 3 is 1.85 bits per heavy atom. The second-order valence-corrected chi connectivity index (χ2v) is 6.71. The van der Waals surface area contributed by atoms with E-state index < -0.39 is 11.3 Å². The number of esters is 2. The van der Waals surface area contributed by atoms with Crippen molar-refractivity contribution in [2.24, 2.45) is 5.92 Å². The van der Waals surface area contributed by atoms with E-state index in [9.17, 15) is 9.59 Å². The maximum Gasteiger partial charge on any atom is 0.322 e. The van der Waals surface area contributed by atoms with Gasteiger partial charge in [-0.3, -0.25) is 9.59 Å². The predicted octanol–water partition coefficient (Wildman–Crippen LogP) is 4.50. The van der Waals surface area contributed by atoms with Crippen LogP contribution in [0.5, 0.6) is 0 Å². The molecule has 1 unspecified atom stereocenters. The fourth-order valence-corrected chi connectivity index (χ4v) is 4.29. The highest BCUT2D eigenvalue weighted by Crippen LogP contribution is 2.54. The maximum atomic E-state index is 13.5. The van der Waals surface area contributed by atoms with Crippen molar-refractivity contribution in [3.63, 3.8) is 0 Å². The van der Waals surface area contributed by atoms with E-state index in [1.165, 1.54) is 0 Å². The van der Waals surface area contributed by atoms with Crippen LogP contribution in [0, 0.1) is 5.92 Å². The molecule has 0 amide bonds. The largest absolute Gasteiger partial charge is 0.466 e. The molecular formula is C23H26O4. The summed E-state index contributed by atoms with van der Waals surface area (Å²) in [6, 6.07) is 15.6. The molecule has 0 saturated heterocycles. The van der Waals surface area contributed by atoms with Crippen molar-refractivity contribution in [2.45, 2.75) is 39.0 Å². The number of carbonyl (C=O) groups is 2. The first kappa shape index (κ1) is 19.2. The zero-order valence-corrected chi connectivity index (χ0v) is 16.2. The van der Waals surface area contributed by atoms with Crippen LogP contribution in [-0.2, 0) is 24.5 Å². The Hall–Kier alpha value is -2.62. The molecular weight excluding hydrogens is 340 g/mol. The van der Waals surface area contributed by atoms with Crippen molar-refractivity contribution in [1.29, 1.82) is 0 Å². The average molecular weight is 366 g/mol. The first-order valence-corrected chi connectivity index (χ1v) is 9.66. The third kappa shape index (κ3) is 2.93. The normalized spacial score (nSPS) is 14.8. The zero-order chi connectivity index (χ0) is 19.4. The molecule has 0 N–H and O–H groups in total. The quantitative estimate of drug-likeness (QED) is 0.677. The van der Waals surface area contributed by atoms with Crippen molar-refractivity contribution in [3.05, 3.63) is 59.7 Å². The summed E-state index contributed by atoms with van der Waals surface area (Å²) in [7, 11) is 0. The number of benzene rings is 2. The second-order valence-electron chi connectivity index (χ2n) is 6.71. The molecule has 0 heterocycles. The van der Waals surface area contributed by atoms with Crippen molar-refractivity contribution in [2.75, 3.05) is 13.2 Å². The lowest BCUT2D eigenvalue weighted by Gasteiger charge is -2.35. The van der Waals surface area contributed by atoms with E-state index >= 15 is 0 Å². The van der Waals surface area contributed by atoms with Gasteiger partial charge in [0.2, 0.25) is 0 Å². The average Bonchev–Trinajstić information content (AvgIpc) is 2.98. The monoisotopic (exact) mass is 366 g/mol. The predicted molar refractivity (Wildman–Crippen MR) is 104 cm³/mol. The molecule has 2 aromatic rings. The van der Waals surface area contributed by atoms with Gasteiger partial charge in [0.25, 0.3) is 0 Å². The Labute approximate surface area is 160 Å². The molecule has 142 valence electrons. The SMILES string of the molecule is CCCC(C(=O)OCC)C1(C(=O)OCC)c2ccccc2-c2ccccc21. The van der Waals surface area contributed by atoms with Crippen molar-refractivity contribution < 1.29 is 19.1 Å². The molecule has 0 fully saturated rings. The van der Waals surface area contributed by atoms with Crippen LogP contribution in [0.3, 0.4) is 0 Å². The molecule has 4 nitrogen and oxygen atoms in total. The maximum absolute atomic E-state index is 13.5. The highest BCUT2D eigenvalue weighted by Gasteiger charge is 2.58. The first-order valence-electron chi connectivity index (χ1n) is 9.66. The van der Waals surface area contributed by atoms with Gasteiger partial charge in [-0.05, 0) is 42.5 Å². The Bertz CT molecular complexity index is 794. The van der Waals surface area contributed by atoms with Crippen LogP contribution in [0.4, 0.5) is 0 Å². The number of fused-ring (bicyclic) bond motifs is 3. The summed E-state index contributed by atoms with van der Waals surface area (Å²) in [5.41, 5.74) is 2.44. The summed E-state index contributed by atoms with van der Waals surface area (Å²) in [5.74, 6) is -1.36. The van der Waals surface area contributed by atoms with E-state index in [4.69, 9.17) is 9.47 Å². The lowest BCUT2D eigenvalue weighted by molar-refractivity contribution is -0.161. The molecule has 0 saturated carbocycles. The van der Waals surface area contributed by atoms with Crippen LogP contribution in [0.15, 0.2) is 48.5 Å². The Morgan fingerprint density at radius 1 is 0.852 bits per heavy atom. The van der Waals surface area contributed by atoms with Crippen LogP contribution in [0.1, 0.15) is 44.7 Å². The van der Waals surface area contributed by atoms with Crippen molar-refractivity contribution >= 4 is 11.9 Å². The van der Waals surface area contributed by atoms with E-state index in [1.807, 2.05) is 55.5 Å². The summed E-state index contributed by atoms with van der Waals surface area (Å²) in [5, 5.41) is 0. The number of ether oxygens (including phenoxy) is 2. The van der Waals surface area contributed by atoms with Crippen LogP contribution in [0.25, 0.3) is 11.1 Å². The smallest absolute Gasteiger partial charge is 0.322 e. The Balaban J connectivity index is 2.34. The van der Waals surface area contributed by atoms with Crippen molar-refractivity contribution in [3.8, 4) is 11.1 Å². The first-order chi connectivity index (χ1) is 13.1. The van der Waals surface area contributed by atoms with Gasteiger partial charge in [0, 0.05) is 0 Å². The summed E-state index contributed by atoms with van der Waals surface area (Å²) < 4.78 is 11.0. The Kier molecular flexibility index (Phi) is 5.64. The summed E-state index contributed by atoms with van der Waals surface area (Å²) in [6.45, 7) is 6.12. The molecule has 2 aromatic carbocycles. The topological polar surface area (TPSA) is 52.6 Å². The van der Waals surface area contributed by atoms with Crippen LogP contribution < -0.4 is 0 Å².